The molecule has 4 unspecified atom stereocenters. The van der Waals surface area contributed by atoms with Gasteiger partial charge in [0.05, 0.1) is 18.9 Å². The third kappa shape index (κ3) is 11.4. The number of rotatable bonds is 15. The van der Waals surface area contributed by atoms with Crippen LogP contribution in [0, 0.1) is 5.92 Å². The number of hydrogen-bond donors (Lipinski definition) is 8. The number of carboxylic acids is 3. The minimum atomic E-state index is -1.73. The molecule has 0 saturated heterocycles. The third-order valence-corrected chi connectivity index (χ3v) is 4.29. The van der Waals surface area contributed by atoms with Gasteiger partial charge in [-0.3, -0.25) is 28.8 Å². The average Bonchev–Trinajstić information content (AvgIpc) is 2.66. The van der Waals surface area contributed by atoms with Crippen molar-refractivity contribution in [3.8, 4) is 0 Å². The average molecular weight is 475 g/mol. The van der Waals surface area contributed by atoms with Crippen LogP contribution < -0.4 is 27.4 Å². The first-order valence-electron chi connectivity index (χ1n) is 9.77. The Morgan fingerprint density at radius 3 is 1.67 bits per heavy atom. The van der Waals surface area contributed by atoms with Gasteiger partial charge >= 0.3 is 17.9 Å². The first-order chi connectivity index (χ1) is 15.1. The van der Waals surface area contributed by atoms with E-state index in [2.05, 4.69) is 16.0 Å². The number of amides is 4. The van der Waals surface area contributed by atoms with Crippen LogP contribution in [0.5, 0.6) is 0 Å². The molecule has 4 amide bonds. The van der Waals surface area contributed by atoms with Crippen LogP contribution in [0.25, 0.3) is 0 Å². The summed E-state index contributed by atoms with van der Waals surface area (Å²) in [5.41, 5.74) is 10.5. The quantitative estimate of drug-likeness (QED) is 0.116. The fourth-order valence-electron chi connectivity index (χ4n) is 2.54. The van der Waals surface area contributed by atoms with Gasteiger partial charge in [-0.05, 0) is 12.3 Å². The van der Waals surface area contributed by atoms with Crippen LogP contribution in [-0.4, -0.2) is 81.0 Å². The molecule has 186 valence electrons. The summed E-state index contributed by atoms with van der Waals surface area (Å²) in [7, 11) is 0. The monoisotopic (exact) mass is 475 g/mol. The van der Waals surface area contributed by atoms with Crippen molar-refractivity contribution in [2.24, 2.45) is 17.4 Å². The number of carbonyl (C=O) groups is 7. The number of nitrogens with one attached hydrogen (secondary N) is 3. The van der Waals surface area contributed by atoms with E-state index in [1.54, 1.807) is 0 Å². The van der Waals surface area contributed by atoms with Gasteiger partial charge in [0.15, 0.2) is 0 Å². The lowest BCUT2D eigenvalue weighted by atomic mass is 10.0. The van der Waals surface area contributed by atoms with Crippen molar-refractivity contribution in [3.63, 3.8) is 0 Å². The molecule has 0 radical (unpaired) electrons. The molecule has 0 heterocycles. The summed E-state index contributed by atoms with van der Waals surface area (Å²) in [6.07, 6.45) is -2.43. The largest absolute Gasteiger partial charge is 0.481 e. The minimum Gasteiger partial charge on any atom is -0.481 e. The van der Waals surface area contributed by atoms with E-state index in [0.29, 0.717) is 0 Å². The Kier molecular flexibility index (Phi) is 12.1. The van der Waals surface area contributed by atoms with Gasteiger partial charge in [-0.1, -0.05) is 13.8 Å². The van der Waals surface area contributed by atoms with E-state index in [4.69, 9.17) is 21.7 Å². The standard InChI is InChI=1S/C18H29N5O10/c1-7(2)14(18(32)33)23-17(31)10(6-13(27)28)22-16(30)9(3-4-11(20)24)21-15(29)8(19)5-12(25)26/h7-10,14H,3-6,19H2,1-2H3,(H2,20,24)(H,21,29)(H,22,30)(H,23,31)(H,25,26)(H,27,28)(H,32,33). The molecule has 0 aliphatic carbocycles. The number of aliphatic carboxylic acids is 3. The molecule has 4 atom stereocenters. The van der Waals surface area contributed by atoms with Crippen LogP contribution >= 0.6 is 0 Å². The van der Waals surface area contributed by atoms with Crippen molar-refractivity contribution in [1.29, 1.82) is 0 Å². The number of hydrogen-bond acceptors (Lipinski definition) is 8. The fraction of sp³-hybridized carbons (Fsp3) is 0.611. The molecule has 0 aromatic carbocycles. The fourth-order valence-corrected chi connectivity index (χ4v) is 2.54. The van der Waals surface area contributed by atoms with E-state index in [1.807, 2.05) is 0 Å². The highest BCUT2D eigenvalue weighted by Crippen LogP contribution is 2.05. The van der Waals surface area contributed by atoms with Crippen LogP contribution in [0.3, 0.4) is 0 Å². The van der Waals surface area contributed by atoms with Gasteiger partial charge in [0.1, 0.15) is 18.1 Å². The van der Waals surface area contributed by atoms with Gasteiger partial charge < -0.3 is 42.7 Å². The first-order valence-corrected chi connectivity index (χ1v) is 9.77. The highest BCUT2D eigenvalue weighted by molar-refractivity contribution is 5.96. The van der Waals surface area contributed by atoms with E-state index < -0.39 is 90.9 Å². The highest BCUT2D eigenvalue weighted by Gasteiger charge is 2.32. The topological polar surface area (TPSA) is 268 Å². The Labute approximate surface area is 188 Å². The van der Waals surface area contributed by atoms with Gasteiger partial charge in [-0.25, -0.2) is 4.79 Å². The molecular weight excluding hydrogens is 446 g/mol. The second-order valence-electron chi connectivity index (χ2n) is 7.50. The molecule has 0 spiro atoms. The lowest BCUT2D eigenvalue weighted by molar-refractivity contribution is -0.144. The van der Waals surface area contributed by atoms with Gasteiger partial charge in [-0.2, -0.15) is 0 Å². The number of primary amides is 1. The molecule has 0 fully saturated rings. The van der Waals surface area contributed by atoms with Crippen molar-refractivity contribution >= 4 is 41.5 Å². The maximum atomic E-state index is 12.7. The molecule has 15 heteroatoms. The third-order valence-electron chi connectivity index (χ3n) is 4.29. The molecule has 10 N–H and O–H groups in total. The zero-order valence-electron chi connectivity index (χ0n) is 18.1. The molecule has 0 saturated carbocycles. The van der Waals surface area contributed by atoms with Crippen LogP contribution in [0.2, 0.25) is 0 Å². The number of carbonyl (C=O) groups excluding carboxylic acids is 4. The first kappa shape index (κ1) is 29.2. The SMILES string of the molecule is CC(C)C(NC(=O)C(CC(=O)O)NC(=O)C(CCC(N)=O)NC(=O)C(N)CC(=O)O)C(=O)O. The normalized spacial score (nSPS) is 14.3. The van der Waals surface area contributed by atoms with Gasteiger partial charge in [-0.15, -0.1) is 0 Å². The van der Waals surface area contributed by atoms with Gasteiger partial charge in [0.25, 0.3) is 0 Å². The van der Waals surface area contributed by atoms with E-state index >= 15 is 0 Å². The zero-order chi connectivity index (χ0) is 25.9. The van der Waals surface area contributed by atoms with Crippen molar-refractivity contribution < 1.29 is 48.9 Å². The summed E-state index contributed by atoms with van der Waals surface area (Å²) in [6.45, 7) is 3.00. The lowest BCUT2D eigenvalue weighted by Crippen LogP contribution is -2.58. The maximum absolute atomic E-state index is 12.7. The van der Waals surface area contributed by atoms with Crippen molar-refractivity contribution in [2.75, 3.05) is 0 Å². The van der Waals surface area contributed by atoms with Crippen molar-refractivity contribution in [2.45, 2.75) is 63.7 Å². The Balaban J connectivity index is 5.60. The predicted octanol–water partition coefficient (Wildman–Crippen LogP) is -3.28. The molecule has 33 heavy (non-hydrogen) atoms. The Bertz CT molecular complexity index is 785. The van der Waals surface area contributed by atoms with E-state index in [1.165, 1.54) is 13.8 Å². The molecule has 0 aromatic rings. The lowest BCUT2D eigenvalue weighted by Gasteiger charge is -2.25. The number of carboxylic acid groups (broad SMARTS) is 3. The van der Waals surface area contributed by atoms with Crippen molar-refractivity contribution in [1.82, 2.24) is 16.0 Å². The van der Waals surface area contributed by atoms with E-state index in [-0.39, 0.29) is 6.42 Å². The summed E-state index contributed by atoms with van der Waals surface area (Å²) >= 11 is 0. The molecule has 0 bridgehead atoms. The van der Waals surface area contributed by atoms with Crippen LogP contribution in [0.15, 0.2) is 0 Å². The summed E-state index contributed by atoms with van der Waals surface area (Å²) in [5, 5.41) is 33.3. The van der Waals surface area contributed by atoms with Crippen LogP contribution in [-0.2, 0) is 33.6 Å². The maximum Gasteiger partial charge on any atom is 0.326 e. The highest BCUT2D eigenvalue weighted by atomic mass is 16.4. The molecule has 15 nitrogen and oxygen atoms in total. The summed E-state index contributed by atoms with van der Waals surface area (Å²) in [4.78, 5) is 81.5. The van der Waals surface area contributed by atoms with Gasteiger partial charge in [0, 0.05) is 6.42 Å². The predicted molar refractivity (Wildman–Crippen MR) is 109 cm³/mol. The van der Waals surface area contributed by atoms with E-state index in [0.717, 1.165) is 0 Å². The molecule has 0 rings (SSSR count). The second-order valence-corrected chi connectivity index (χ2v) is 7.50. The summed E-state index contributed by atoms with van der Waals surface area (Å²) < 4.78 is 0. The summed E-state index contributed by atoms with van der Waals surface area (Å²) in [5.74, 6) is -8.90. The molecular formula is C18H29N5O10. The van der Waals surface area contributed by atoms with E-state index in [9.17, 15) is 38.7 Å². The Hall–Kier alpha value is -3.75. The second kappa shape index (κ2) is 13.6. The zero-order valence-corrected chi connectivity index (χ0v) is 18.1. The van der Waals surface area contributed by atoms with Gasteiger partial charge in [0.2, 0.25) is 23.6 Å². The number of nitrogens with two attached hydrogens (primary N) is 2. The van der Waals surface area contributed by atoms with Crippen LogP contribution in [0.1, 0.15) is 39.5 Å². The molecule has 0 aliphatic heterocycles. The Morgan fingerprint density at radius 1 is 0.758 bits per heavy atom. The summed E-state index contributed by atoms with van der Waals surface area (Å²) in [6, 6.07) is -6.15. The molecule has 0 aromatic heterocycles. The Morgan fingerprint density at radius 2 is 1.24 bits per heavy atom. The minimum absolute atomic E-state index is 0.363. The smallest absolute Gasteiger partial charge is 0.326 e. The van der Waals surface area contributed by atoms with Crippen molar-refractivity contribution in [3.05, 3.63) is 0 Å². The van der Waals surface area contributed by atoms with Crippen LogP contribution in [0.4, 0.5) is 0 Å². The molecule has 0 aliphatic rings.